The lowest BCUT2D eigenvalue weighted by Gasteiger charge is -2.14. The summed E-state index contributed by atoms with van der Waals surface area (Å²) in [6.45, 7) is 9.48. The number of nitrogens with one attached hydrogen (secondary N) is 1. The molecular weight excluding hydrogens is 380 g/mol. The number of ether oxygens (including phenoxy) is 1. The quantitative estimate of drug-likeness (QED) is 0.351. The Balaban J connectivity index is 2.49. The molecule has 0 saturated carbocycles. The first-order chi connectivity index (χ1) is 14.0. The molecule has 0 bridgehead atoms. The number of aromatic nitrogens is 1. The molecule has 1 aromatic heterocycles. The highest BCUT2D eigenvalue weighted by Crippen LogP contribution is 2.29. The van der Waals surface area contributed by atoms with Gasteiger partial charge < -0.3 is 10.1 Å². The average molecular weight is 401 g/mol. The second kappa shape index (κ2) is 10.6. The van der Waals surface area contributed by atoms with Crippen LogP contribution in [0.25, 0.3) is 10.5 Å². The minimum absolute atomic E-state index is 0.392. The summed E-state index contributed by atoms with van der Waals surface area (Å²) in [5, 5.41) is 21.9. The van der Waals surface area contributed by atoms with E-state index >= 15 is 0 Å². The molecule has 0 aliphatic heterocycles. The zero-order valence-corrected chi connectivity index (χ0v) is 16.9. The summed E-state index contributed by atoms with van der Waals surface area (Å²) >= 11 is 4.48. The van der Waals surface area contributed by atoms with Gasteiger partial charge >= 0.3 is 0 Å². The Labute approximate surface area is 176 Å². The van der Waals surface area contributed by atoms with Crippen LogP contribution in [0, 0.1) is 22.7 Å². The zero-order valence-electron chi connectivity index (χ0n) is 16.0. The minimum Gasteiger partial charge on any atom is -0.473 e. The summed E-state index contributed by atoms with van der Waals surface area (Å²) in [5.74, 6) is 0.430. The lowest BCUT2D eigenvalue weighted by molar-refractivity contribution is 0.406. The van der Waals surface area contributed by atoms with Crippen LogP contribution in [0.4, 0.5) is 5.82 Å². The van der Waals surface area contributed by atoms with Crippen LogP contribution in [-0.4, -0.2) is 4.98 Å². The van der Waals surface area contributed by atoms with Gasteiger partial charge in [0.1, 0.15) is 17.5 Å². The number of hydrogen-bond acceptors (Lipinski definition) is 6. The molecule has 0 saturated heterocycles. The molecule has 0 aliphatic rings. The Morgan fingerprint density at radius 2 is 1.97 bits per heavy atom. The second-order valence-electron chi connectivity index (χ2n) is 5.94. The number of hydrogen-bond donors (Lipinski definition) is 2. The first-order valence-electron chi connectivity index (χ1n) is 8.67. The first kappa shape index (κ1) is 21.6. The van der Waals surface area contributed by atoms with Crippen LogP contribution in [0.1, 0.15) is 34.9 Å². The molecule has 6 heteroatoms. The summed E-state index contributed by atoms with van der Waals surface area (Å²) in [7, 11) is 0. The van der Waals surface area contributed by atoms with Crippen molar-refractivity contribution in [3.8, 4) is 12.1 Å². The number of nitrogens with zero attached hydrogens (tertiary/aromatic N) is 3. The maximum Gasteiger partial charge on any atom is 0.145 e. The molecule has 1 heterocycles. The third-order valence-corrected chi connectivity index (χ3v) is 4.36. The molecule has 29 heavy (non-hydrogen) atoms. The van der Waals surface area contributed by atoms with Crippen LogP contribution >= 0.6 is 12.6 Å². The number of thiol groups is 1. The van der Waals surface area contributed by atoms with Gasteiger partial charge in [0.05, 0.1) is 29.9 Å². The SMILES string of the molecule is C=C/C=C(\S)c1cc(/C(C)=C/OC=C)c(C#N)c(NCc2ccc(C#N)cc2)n1. The molecule has 0 aliphatic carbocycles. The van der Waals surface area contributed by atoms with Gasteiger partial charge in [0, 0.05) is 17.0 Å². The van der Waals surface area contributed by atoms with Crippen molar-refractivity contribution < 1.29 is 4.74 Å². The van der Waals surface area contributed by atoms with E-state index < -0.39 is 0 Å². The lowest BCUT2D eigenvalue weighted by atomic mass is 10.0. The molecule has 1 N–H and O–H groups in total. The van der Waals surface area contributed by atoms with Crippen molar-refractivity contribution in [1.82, 2.24) is 4.98 Å². The number of anilines is 1. The fraction of sp³-hybridized carbons (Fsp3) is 0.0870. The van der Waals surface area contributed by atoms with Gasteiger partial charge in [0.2, 0.25) is 0 Å². The molecule has 5 nitrogen and oxygen atoms in total. The summed E-state index contributed by atoms with van der Waals surface area (Å²) in [5.41, 5.74) is 3.94. The zero-order chi connectivity index (χ0) is 21.2. The molecule has 0 amide bonds. The molecule has 0 radical (unpaired) electrons. The summed E-state index contributed by atoms with van der Waals surface area (Å²) in [6.07, 6.45) is 6.18. The van der Waals surface area contributed by atoms with Crippen molar-refractivity contribution in [2.45, 2.75) is 13.5 Å². The van der Waals surface area contributed by atoms with Gasteiger partial charge in [-0.2, -0.15) is 10.5 Å². The normalized spacial score (nSPS) is 11.2. The van der Waals surface area contributed by atoms with Crippen molar-refractivity contribution in [2.75, 3.05) is 5.32 Å². The monoisotopic (exact) mass is 400 g/mol. The maximum absolute atomic E-state index is 9.77. The van der Waals surface area contributed by atoms with Crippen LogP contribution in [0.15, 0.2) is 68.2 Å². The van der Waals surface area contributed by atoms with E-state index in [4.69, 9.17) is 10.00 Å². The smallest absolute Gasteiger partial charge is 0.145 e. The van der Waals surface area contributed by atoms with E-state index in [2.05, 4.69) is 48.2 Å². The molecule has 2 aromatic rings. The van der Waals surface area contributed by atoms with E-state index in [0.717, 1.165) is 11.1 Å². The number of nitriles is 2. The largest absolute Gasteiger partial charge is 0.473 e. The fourth-order valence-electron chi connectivity index (χ4n) is 2.52. The molecular formula is C23H20N4OS. The minimum atomic E-state index is 0.392. The van der Waals surface area contributed by atoms with E-state index in [1.807, 2.05) is 19.1 Å². The number of rotatable bonds is 8. The van der Waals surface area contributed by atoms with E-state index in [1.54, 1.807) is 30.4 Å². The van der Waals surface area contributed by atoms with Crippen molar-refractivity contribution in [3.63, 3.8) is 0 Å². The molecule has 1 aromatic carbocycles. The van der Waals surface area contributed by atoms with Crippen LogP contribution < -0.4 is 5.32 Å². The Morgan fingerprint density at radius 1 is 1.24 bits per heavy atom. The number of benzene rings is 1. The summed E-state index contributed by atoms with van der Waals surface area (Å²) in [4.78, 5) is 5.18. The van der Waals surface area contributed by atoms with E-state index in [0.29, 0.717) is 39.7 Å². The highest BCUT2D eigenvalue weighted by atomic mass is 32.1. The predicted octanol–water partition coefficient (Wildman–Crippen LogP) is 5.41. The molecule has 0 spiro atoms. The van der Waals surface area contributed by atoms with Crippen molar-refractivity contribution >= 4 is 28.9 Å². The van der Waals surface area contributed by atoms with Crippen LogP contribution in [0.2, 0.25) is 0 Å². The molecule has 0 fully saturated rings. The van der Waals surface area contributed by atoms with E-state index in [1.165, 1.54) is 12.5 Å². The predicted molar refractivity (Wildman–Crippen MR) is 120 cm³/mol. The molecule has 0 unspecified atom stereocenters. The van der Waals surface area contributed by atoms with Gasteiger partial charge in [0.25, 0.3) is 0 Å². The molecule has 2 rings (SSSR count). The number of allylic oxidation sites excluding steroid dienone is 3. The maximum atomic E-state index is 9.77. The highest BCUT2D eigenvalue weighted by Gasteiger charge is 2.15. The highest BCUT2D eigenvalue weighted by molar-refractivity contribution is 7.90. The molecule has 144 valence electrons. The summed E-state index contributed by atoms with van der Waals surface area (Å²) < 4.78 is 5.16. The van der Waals surface area contributed by atoms with Crippen LogP contribution in [0.3, 0.4) is 0 Å². The van der Waals surface area contributed by atoms with E-state index in [9.17, 15) is 5.26 Å². The summed E-state index contributed by atoms with van der Waals surface area (Å²) in [6, 6.07) is 13.3. The lowest BCUT2D eigenvalue weighted by Crippen LogP contribution is -2.07. The topological polar surface area (TPSA) is 81.7 Å². The number of pyridine rings is 1. The van der Waals surface area contributed by atoms with E-state index in [-0.39, 0.29) is 0 Å². The van der Waals surface area contributed by atoms with Gasteiger partial charge in [-0.25, -0.2) is 4.98 Å². The van der Waals surface area contributed by atoms with Crippen LogP contribution in [0.5, 0.6) is 0 Å². The average Bonchev–Trinajstić information content (AvgIpc) is 2.75. The second-order valence-corrected chi connectivity index (χ2v) is 6.43. The van der Waals surface area contributed by atoms with Gasteiger partial charge in [-0.15, -0.1) is 12.6 Å². The van der Waals surface area contributed by atoms with Crippen molar-refractivity contribution in [3.05, 3.63) is 96.1 Å². The van der Waals surface area contributed by atoms with Gasteiger partial charge in [0.15, 0.2) is 0 Å². The Bertz CT molecular complexity index is 1050. The van der Waals surface area contributed by atoms with Gasteiger partial charge in [-0.05, 0) is 42.3 Å². The van der Waals surface area contributed by atoms with Crippen molar-refractivity contribution in [1.29, 1.82) is 10.5 Å². The Kier molecular flexibility index (Phi) is 7.85. The fourth-order valence-corrected chi connectivity index (χ4v) is 2.74. The van der Waals surface area contributed by atoms with Gasteiger partial charge in [-0.1, -0.05) is 31.4 Å². The third kappa shape index (κ3) is 5.62. The third-order valence-electron chi connectivity index (χ3n) is 3.98. The van der Waals surface area contributed by atoms with Crippen molar-refractivity contribution in [2.24, 2.45) is 0 Å². The standard InChI is InChI=1S/C23H20N4OS/c1-4-6-22(29)21-11-19(16(3)15-28-5-2)20(13-25)23(27-21)26-14-18-9-7-17(12-24)8-10-18/h4-11,15,29H,1-2,14H2,3H3,(H,26,27)/b16-15+,22-6-. The Hall–Kier alpha value is -3.74. The van der Waals surface area contributed by atoms with Crippen LogP contribution in [-0.2, 0) is 11.3 Å². The van der Waals surface area contributed by atoms with Gasteiger partial charge in [-0.3, -0.25) is 0 Å². The molecule has 0 atom stereocenters. The Morgan fingerprint density at radius 3 is 2.55 bits per heavy atom. The first-order valence-corrected chi connectivity index (χ1v) is 9.12.